The summed E-state index contributed by atoms with van der Waals surface area (Å²) < 4.78 is 6.52. The molecule has 0 rings (SSSR count). The topological polar surface area (TPSA) is 33.3 Å². The van der Waals surface area contributed by atoms with E-state index in [0.717, 1.165) is 32.7 Å². The van der Waals surface area contributed by atoms with Crippen molar-refractivity contribution >= 4 is 4.15 Å². The van der Waals surface area contributed by atoms with E-state index in [0.29, 0.717) is 0 Å². The quantitative estimate of drug-likeness (QED) is 0.621. The van der Waals surface area contributed by atoms with Crippen LogP contribution in [0, 0.1) is 0 Å². The molecule has 0 spiro atoms. The van der Waals surface area contributed by atoms with Crippen molar-refractivity contribution in [1.82, 2.24) is 10.6 Å². The van der Waals surface area contributed by atoms with Crippen LogP contribution in [0.4, 0.5) is 0 Å². The van der Waals surface area contributed by atoms with Crippen molar-refractivity contribution in [2.24, 2.45) is 0 Å². The van der Waals surface area contributed by atoms with Gasteiger partial charge in [0.2, 0.25) is 0 Å². The zero-order valence-electron chi connectivity index (χ0n) is 7.85. The van der Waals surface area contributed by atoms with E-state index in [-0.39, 0.29) is 0 Å². The maximum atomic E-state index is 5.32. The van der Waals surface area contributed by atoms with Gasteiger partial charge in [-0.3, -0.25) is 0 Å². The Kier molecular flexibility index (Phi) is 9.87. The van der Waals surface area contributed by atoms with Gasteiger partial charge in [0, 0.05) is 0 Å². The Bertz CT molecular complexity index is 120. The summed E-state index contributed by atoms with van der Waals surface area (Å²) in [4.78, 5) is 0. The average molecular weight is 342 g/mol. The Morgan fingerprint density at radius 3 is 2.58 bits per heavy atom. The van der Waals surface area contributed by atoms with E-state index in [1.54, 1.807) is 0 Å². The molecule has 0 unspecified atom stereocenters. The molecule has 0 amide bonds. The monoisotopic (exact) mass is 342 g/mol. The molecule has 4 heteroatoms. The number of nitrogens with one attached hydrogen (secondary N) is 2. The third-order valence-corrected chi connectivity index (χ3v) is 2.25. The molecule has 12 heavy (non-hydrogen) atoms. The molecule has 3 nitrogen and oxygen atoms in total. The second-order valence-electron chi connectivity index (χ2n) is 2.40. The minimum atomic E-state index is 0.802. The molecule has 0 aliphatic heterocycles. The Balaban J connectivity index is 3.03. The normalized spacial score (nSPS) is 10.2. The van der Waals surface area contributed by atoms with Crippen LogP contribution >= 0.6 is 0 Å². The Morgan fingerprint density at radius 2 is 2.00 bits per heavy atom. The van der Waals surface area contributed by atoms with Crippen LogP contribution in [0.5, 0.6) is 0 Å². The summed E-state index contributed by atoms with van der Waals surface area (Å²) in [6.07, 6.45) is 1.10. The van der Waals surface area contributed by atoms with E-state index in [9.17, 15) is 0 Å². The van der Waals surface area contributed by atoms with Crippen molar-refractivity contribution in [2.45, 2.75) is 20.3 Å². The van der Waals surface area contributed by atoms with Gasteiger partial charge in [0.1, 0.15) is 0 Å². The molecule has 0 aliphatic rings. The first-order valence-corrected chi connectivity index (χ1v) is 5.87. The molecule has 0 aromatic rings. The van der Waals surface area contributed by atoms with Crippen LogP contribution in [-0.4, -0.2) is 30.4 Å². The molecule has 0 aromatic heterocycles. The average Bonchev–Trinajstić information content (AvgIpc) is 2.05. The third kappa shape index (κ3) is 8.53. The summed E-state index contributed by atoms with van der Waals surface area (Å²) in [5.41, 5.74) is 0. The van der Waals surface area contributed by atoms with Crippen LogP contribution in [0.25, 0.3) is 0 Å². The van der Waals surface area contributed by atoms with E-state index in [2.05, 4.69) is 24.5 Å². The van der Waals surface area contributed by atoms with Gasteiger partial charge in [0.05, 0.1) is 0 Å². The van der Waals surface area contributed by atoms with Gasteiger partial charge in [-0.2, -0.15) is 0 Å². The molecule has 0 saturated heterocycles. The summed E-state index contributed by atoms with van der Waals surface area (Å²) in [6, 6.07) is 0. The maximum absolute atomic E-state index is 5.32. The number of ether oxygens (including phenoxy) is 1. The van der Waals surface area contributed by atoms with Crippen LogP contribution < -0.4 is 10.6 Å². The van der Waals surface area contributed by atoms with Gasteiger partial charge in [-0.1, -0.05) is 0 Å². The van der Waals surface area contributed by atoms with E-state index in [1.807, 2.05) is 0 Å². The molecule has 0 fully saturated rings. The zero-order chi connectivity index (χ0) is 9.23. The van der Waals surface area contributed by atoms with Crippen molar-refractivity contribution in [1.29, 1.82) is 0 Å². The van der Waals surface area contributed by atoms with Crippen LogP contribution in [-0.2, 0) is 24.1 Å². The second-order valence-corrected chi connectivity index (χ2v) is 3.87. The summed E-state index contributed by atoms with van der Waals surface area (Å²) in [6.45, 7) is 7.78. The SMILES string of the molecule is CCCOCCN[C](=[W])NCC. The van der Waals surface area contributed by atoms with E-state index < -0.39 is 0 Å². The van der Waals surface area contributed by atoms with Crippen LogP contribution in [0.2, 0.25) is 0 Å². The van der Waals surface area contributed by atoms with E-state index in [1.165, 1.54) is 23.5 Å². The molecule has 0 saturated carbocycles. The predicted molar refractivity (Wildman–Crippen MR) is 47.8 cm³/mol. The zero-order valence-corrected chi connectivity index (χ0v) is 10.8. The fraction of sp³-hybridized carbons (Fsp3) is 0.875. The third-order valence-electron chi connectivity index (χ3n) is 1.22. The van der Waals surface area contributed by atoms with Gasteiger partial charge < -0.3 is 0 Å². The van der Waals surface area contributed by atoms with Gasteiger partial charge in [0.15, 0.2) is 0 Å². The van der Waals surface area contributed by atoms with Gasteiger partial charge >= 0.3 is 85.4 Å². The molecule has 0 aromatic carbocycles. The fourth-order valence-corrected chi connectivity index (χ4v) is 1.59. The van der Waals surface area contributed by atoms with Crippen LogP contribution in [0.3, 0.4) is 0 Å². The molecule has 0 aliphatic carbocycles. The van der Waals surface area contributed by atoms with Gasteiger partial charge in [0.25, 0.3) is 0 Å². The van der Waals surface area contributed by atoms with Crippen LogP contribution in [0.1, 0.15) is 20.3 Å². The molecular weight excluding hydrogens is 324 g/mol. The first-order valence-electron chi connectivity index (χ1n) is 4.40. The van der Waals surface area contributed by atoms with Crippen molar-refractivity contribution < 1.29 is 24.1 Å². The molecule has 0 radical (unpaired) electrons. The van der Waals surface area contributed by atoms with Crippen molar-refractivity contribution in [3.63, 3.8) is 0 Å². The summed E-state index contributed by atoms with van der Waals surface area (Å²) in [5.74, 6) is 0. The summed E-state index contributed by atoms with van der Waals surface area (Å²) in [5, 5.41) is 6.48. The molecule has 72 valence electrons. The minimum absolute atomic E-state index is 0.802. The van der Waals surface area contributed by atoms with Gasteiger partial charge in [-0.05, 0) is 0 Å². The summed E-state index contributed by atoms with van der Waals surface area (Å²) in [7, 11) is 0. The standard InChI is InChI=1S/C8H18N2O.W/c1-3-6-11-7-5-10-8-9-4-2;/h9-10H,3-7H2,1-2H3;. The van der Waals surface area contributed by atoms with Crippen molar-refractivity contribution in [3.05, 3.63) is 0 Å². The second kappa shape index (κ2) is 9.53. The Hall–Kier alpha value is 0.438. The predicted octanol–water partition coefficient (Wildman–Crippen LogP) is 0.246. The van der Waals surface area contributed by atoms with Crippen molar-refractivity contribution in [2.75, 3.05) is 26.3 Å². The Morgan fingerprint density at radius 1 is 1.25 bits per heavy atom. The van der Waals surface area contributed by atoms with E-state index in [4.69, 9.17) is 4.74 Å². The number of hydrogen-bond donors (Lipinski definition) is 2. The van der Waals surface area contributed by atoms with Gasteiger partial charge in [-0.15, -0.1) is 0 Å². The number of rotatable bonds is 8. The van der Waals surface area contributed by atoms with E-state index >= 15 is 0 Å². The first kappa shape index (κ1) is 12.4. The summed E-state index contributed by atoms with van der Waals surface area (Å²) >= 11 is 1.45. The molecule has 0 atom stereocenters. The molecule has 2 N–H and O–H groups in total. The fourth-order valence-electron chi connectivity index (χ4n) is 0.706. The van der Waals surface area contributed by atoms with Gasteiger partial charge in [-0.25, -0.2) is 0 Å². The molecule has 0 bridgehead atoms. The van der Waals surface area contributed by atoms with Crippen LogP contribution in [0.15, 0.2) is 0 Å². The molecular formula is C8H18N2OW. The molecule has 0 heterocycles. The number of hydrogen-bond acceptors (Lipinski definition) is 3. The Labute approximate surface area is 85.7 Å². The first-order chi connectivity index (χ1) is 5.81. The van der Waals surface area contributed by atoms with Crippen molar-refractivity contribution in [3.8, 4) is 0 Å².